The molecule has 0 aliphatic heterocycles. The Hall–Kier alpha value is -2.77. The van der Waals surface area contributed by atoms with Crippen molar-refractivity contribution < 1.29 is 22.7 Å². The number of aromatic amines is 1. The van der Waals surface area contributed by atoms with E-state index < -0.39 is 24.3 Å². The van der Waals surface area contributed by atoms with Crippen LogP contribution in [0.15, 0.2) is 35.1 Å². The van der Waals surface area contributed by atoms with Gasteiger partial charge in [0.1, 0.15) is 5.75 Å². The first-order chi connectivity index (χ1) is 11.7. The molecule has 1 amide bonds. The summed E-state index contributed by atoms with van der Waals surface area (Å²) in [6.07, 6.45) is -4.48. The summed E-state index contributed by atoms with van der Waals surface area (Å²) in [5.41, 5.74) is 0.715. The zero-order valence-corrected chi connectivity index (χ0v) is 13.7. The molecule has 134 valence electrons. The number of rotatable bonds is 5. The van der Waals surface area contributed by atoms with Crippen LogP contribution in [0, 0.1) is 13.8 Å². The number of carbonyl (C=O) groups is 1. The molecule has 0 radical (unpaired) electrons. The summed E-state index contributed by atoms with van der Waals surface area (Å²) in [6, 6.07) is 6.05. The zero-order chi connectivity index (χ0) is 18.6. The largest absolute Gasteiger partial charge is 0.484 e. The minimum atomic E-state index is -4.48. The smallest absolute Gasteiger partial charge is 0.416 e. The van der Waals surface area contributed by atoms with Crippen LogP contribution in [-0.2, 0) is 17.5 Å². The number of H-pyrrole nitrogens is 1. The number of carbonyl (C=O) groups excluding carboxylic acids is 1. The lowest BCUT2D eigenvalue weighted by Gasteiger charge is -2.11. The summed E-state index contributed by atoms with van der Waals surface area (Å²) in [7, 11) is 0. The van der Waals surface area contributed by atoms with E-state index in [1.165, 1.54) is 12.1 Å². The van der Waals surface area contributed by atoms with E-state index in [0.717, 1.165) is 17.7 Å². The third kappa shape index (κ3) is 5.10. The van der Waals surface area contributed by atoms with Crippen LogP contribution in [0.1, 0.15) is 22.4 Å². The van der Waals surface area contributed by atoms with Gasteiger partial charge in [0, 0.05) is 17.8 Å². The number of ether oxygens (including phenoxy) is 1. The molecule has 0 aliphatic rings. The molecule has 25 heavy (non-hydrogen) atoms. The van der Waals surface area contributed by atoms with E-state index in [9.17, 15) is 22.8 Å². The van der Waals surface area contributed by atoms with Crippen molar-refractivity contribution in [2.45, 2.75) is 26.6 Å². The van der Waals surface area contributed by atoms with Gasteiger partial charge >= 0.3 is 6.18 Å². The van der Waals surface area contributed by atoms with Gasteiger partial charge in [-0.15, -0.1) is 0 Å². The monoisotopic (exact) mass is 354 g/mol. The highest BCUT2D eigenvalue weighted by Gasteiger charge is 2.30. The van der Waals surface area contributed by atoms with Gasteiger partial charge in [-0.2, -0.15) is 13.2 Å². The first-order valence-electron chi connectivity index (χ1n) is 7.43. The second-order valence-corrected chi connectivity index (χ2v) is 5.53. The normalized spacial score (nSPS) is 11.2. The topological polar surface area (TPSA) is 71.2 Å². The second-order valence-electron chi connectivity index (χ2n) is 5.53. The van der Waals surface area contributed by atoms with Crippen LogP contribution in [0.2, 0.25) is 0 Å². The van der Waals surface area contributed by atoms with E-state index in [1.54, 1.807) is 19.9 Å². The van der Waals surface area contributed by atoms with Crippen molar-refractivity contribution in [3.63, 3.8) is 0 Å². The van der Waals surface area contributed by atoms with Crippen LogP contribution in [-0.4, -0.2) is 17.5 Å². The van der Waals surface area contributed by atoms with Gasteiger partial charge in [0.25, 0.3) is 11.5 Å². The molecule has 1 aromatic carbocycles. The van der Waals surface area contributed by atoms with E-state index in [-0.39, 0.29) is 17.9 Å². The van der Waals surface area contributed by atoms with E-state index in [4.69, 9.17) is 4.74 Å². The van der Waals surface area contributed by atoms with Crippen LogP contribution < -0.4 is 15.6 Å². The lowest BCUT2D eigenvalue weighted by molar-refractivity contribution is -0.137. The van der Waals surface area contributed by atoms with Crippen molar-refractivity contribution in [1.82, 2.24) is 10.3 Å². The van der Waals surface area contributed by atoms with Gasteiger partial charge in [-0.1, -0.05) is 6.07 Å². The molecule has 0 spiro atoms. The molecule has 8 heteroatoms. The molecule has 2 N–H and O–H groups in total. The standard InChI is InChI=1S/C17H17F3N2O3/c1-10-6-11(2)22-16(24)14(10)8-21-15(23)9-25-13-5-3-4-12(7-13)17(18,19)20/h3-7H,8-9H2,1-2H3,(H,21,23)(H,22,24). The molecule has 0 bridgehead atoms. The number of nitrogens with one attached hydrogen (secondary N) is 2. The summed E-state index contributed by atoms with van der Waals surface area (Å²) < 4.78 is 42.9. The number of aryl methyl sites for hydroxylation is 2. The molecule has 0 saturated carbocycles. The maximum Gasteiger partial charge on any atom is 0.416 e. The van der Waals surface area contributed by atoms with E-state index in [1.807, 2.05) is 0 Å². The van der Waals surface area contributed by atoms with Gasteiger partial charge in [0.15, 0.2) is 6.61 Å². The first kappa shape index (κ1) is 18.6. The molecule has 0 fully saturated rings. The van der Waals surface area contributed by atoms with Crippen LogP contribution in [0.4, 0.5) is 13.2 Å². The maximum absolute atomic E-state index is 12.6. The van der Waals surface area contributed by atoms with Crippen LogP contribution >= 0.6 is 0 Å². The molecule has 0 unspecified atom stereocenters. The number of aromatic nitrogens is 1. The molecule has 0 saturated heterocycles. The van der Waals surface area contributed by atoms with Gasteiger partial charge in [-0.05, 0) is 43.7 Å². The van der Waals surface area contributed by atoms with Crippen molar-refractivity contribution in [1.29, 1.82) is 0 Å². The number of benzene rings is 1. The Morgan fingerprint density at radius 3 is 2.60 bits per heavy atom. The predicted molar refractivity (Wildman–Crippen MR) is 85.3 cm³/mol. The number of hydrogen-bond acceptors (Lipinski definition) is 3. The summed E-state index contributed by atoms with van der Waals surface area (Å²) in [4.78, 5) is 26.3. The van der Waals surface area contributed by atoms with Crippen molar-refractivity contribution in [2.75, 3.05) is 6.61 Å². The average molecular weight is 354 g/mol. The zero-order valence-electron chi connectivity index (χ0n) is 13.7. The Balaban J connectivity index is 1.93. The molecule has 1 aromatic heterocycles. The third-order valence-corrected chi connectivity index (χ3v) is 3.49. The maximum atomic E-state index is 12.6. The van der Waals surface area contributed by atoms with Crippen LogP contribution in [0.5, 0.6) is 5.75 Å². The lowest BCUT2D eigenvalue weighted by atomic mass is 10.1. The SMILES string of the molecule is Cc1cc(C)c(CNC(=O)COc2cccc(C(F)(F)F)c2)c(=O)[nH]1. The first-order valence-corrected chi connectivity index (χ1v) is 7.43. The highest BCUT2D eigenvalue weighted by molar-refractivity contribution is 5.77. The van der Waals surface area contributed by atoms with E-state index in [2.05, 4.69) is 10.3 Å². The summed E-state index contributed by atoms with van der Waals surface area (Å²) in [6.45, 7) is 3.05. The van der Waals surface area contributed by atoms with Crippen molar-refractivity contribution in [2.24, 2.45) is 0 Å². The molecular formula is C17H17F3N2O3. The molecule has 5 nitrogen and oxygen atoms in total. The highest BCUT2D eigenvalue weighted by atomic mass is 19.4. The van der Waals surface area contributed by atoms with Gasteiger partial charge in [0.2, 0.25) is 0 Å². The Bertz CT molecular complexity index is 829. The minimum absolute atomic E-state index is 0.00618. The molecule has 0 aliphatic carbocycles. The minimum Gasteiger partial charge on any atom is -0.484 e. The summed E-state index contributed by atoms with van der Waals surface area (Å²) in [5.74, 6) is -0.605. The van der Waals surface area contributed by atoms with Gasteiger partial charge in [-0.3, -0.25) is 9.59 Å². The van der Waals surface area contributed by atoms with Crippen LogP contribution in [0.3, 0.4) is 0 Å². The number of pyridine rings is 1. The Kier molecular flexibility index (Phi) is 5.51. The van der Waals surface area contributed by atoms with Crippen molar-refractivity contribution in [3.8, 4) is 5.75 Å². The van der Waals surface area contributed by atoms with E-state index >= 15 is 0 Å². The third-order valence-electron chi connectivity index (χ3n) is 3.49. The fraction of sp³-hybridized carbons (Fsp3) is 0.294. The fourth-order valence-electron chi connectivity index (χ4n) is 2.25. The van der Waals surface area contributed by atoms with Crippen molar-refractivity contribution in [3.05, 3.63) is 63.1 Å². The van der Waals surface area contributed by atoms with Gasteiger partial charge in [-0.25, -0.2) is 0 Å². The molecule has 2 rings (SSSR count). The lowest BCUT2D eigenvalue weighted by Crippen LogP contribution is -2.31. The Morgan fingerprint density at radius 2 is 1.96 bits per heavy atom. The van der Waals surface area contributed by atoms with Gasteiger partial charge < -0.3 is 15.0 Å². The molecule has 1 heterocycles. The quantitative estimate of drug-likeness (QED) is 0.867. The van der Waals surface area contributed by atoms with Crippen LogP contribution in [0.25, 0.3) is 0 Å². The molecular weight excluding hydrogens is 337 g/mol. The predicted octanol–water partition coefficient (Wildman–Crippen LogP) is 2.71. The molecule has 0 atom stereocenters. The summed E-state index contributed by atoms with van der Waals surface area (Å²) >= 11 is 0. The average Bonchev–Trinajstić information content (AvgIpc) is 2.51. The summed E-state index contributed by atoms with van der Waals surface area (Å²) in [5, 5.41) is 2.51. The fourth-order valence-corrected chi connectivity index (χ4v) is 2.25. The second kappa shape index (κ2) is 7.42. The number of hydrogen-bond donors (Lipinski definition) is 2. The van der Waals surface area contributed by atoms with Gasteiger partial charge in [0.05, 0.1) is 5.56 Å². The number of halogens is 3. The van der Waals surface area contributed by atoms with E-state index in [0.29, 0.717) is 11.3 Å². The number of amides is 1. The number of alkyl halides is 3. The Labute approximate surface area is 141 Å². The highest BCUT2D eigenvalue weighted by Crippen LogP contribution is 2.31. The Morgan fingerprint density at radius 1 is 1.24 bits per heavy atom. The molecule has 2 aromatic rings. The van der Waals surface area contributed by atoms with Crippen molar-refractivity contribution >= 4 is 5.91 Å².